The summed E-state index contributed by atoms with van der Waals surface area (Å²) in [7, 11) is 1.31. The van der Waals surface area contributed by atoms with E-state index in [-0.39, 0.29) is 5.82 Å². The molecule has 80 valence electrons. The Labute approximate surface area is 88.4 Å². The molecule has 0 aliphatic heterocycles. The minimum atomic E-state index is -0.437. The van der Waals surface area contributed by atoms with Gasteiger partial charge in [-0.1, -0.05) is 12.1 Å². The van der Waals surface area contributed by atoms with Gasteiger partial charge in [0, 0.05) is 6.08 Å². The Kier molecular flexibility index (Phi) is 3.61. The molecule has 0 spiro atoms. The molecule has 2 nitrogen and oxygen atoms in total. The molecule has 0 unspecified atom stereocenters. The van der Waals surface area contributed by atoms with Crippen LogP contribution in [-0.4, -0.2) is 13.1 Å². The fraction of sp³-hybridized carbons (Fsp3) is 0.250. The summed E-state index contributed by atoms with van der Waals surface area (Å²) >= 11 is 0. The summed E-state index contributed by atoms with van der Waals surface area (Å²) in [6.07, 6.45) is 1.34. The third-order valence-corrected chi connectivity index (χ3v) is 2.16. The van der Waals surface area contributed by atoms with E-state index in [9.17, 15) is 9.18 Å². The Morgan fingerprint density at radius 1 is 1.47 bits per heavy atom. The van der Waals surface area contributed by atoms with Gasteiger partial charge < -0.3 is 4.74 Å². The summed E-state index contributed by atoms with van der Waals surface area (Å²) < 4.78 is 17.7. The van der Waals surface area contributed by atoms with Crippen LogP contribution in [0.4, 0.5) is 4.39 Å². The van der Waals surface area contributed by atoms with Crippen LogP contribution in [-0.2, 0) is 9.53 Å². The lowest BCUT2D eigenvalue weighted by molar-refractivity contribution is -0.134. The molecule has 0 bridgehead atoms. The second-order valence-electron chi connectivity index (χ2n) is 3.31. The van der Waals surface area contributed by atoms with Crippen LogP contribution in [0.5, 0.6) is 0 Å². The Bertz CT molecular complexity index is 408. The van der Waals surface area contributed by atoms with E-state index in [1.165, 1.54) is 19.3 Å². The fourth-order valence-corrected chi connectivity index (χ4v) is 1.16. The van der Waals surface area contributed by atoms with Crippen molar-refractivity contribution in [1.29, 1.82) is 0 Å². The van der Waals surface area contributed by atoms with Gasteiger partial charge in [-0.05, 0) is 36.6 Å². The average Bonchev–Trinajstić information content (AvgIpc) is 2.21. The standard InChI is InChI=1S/C12H13FO2/c1-8-4-5-10(7-11(8)13)9(2)6-12(14)15-3/h4-7H,1-3H3/b9-6-. The maximum absolute atomic E-state index is 13.2. The number of carbonyl (C=O) groups excluding carboxylic acids is 1. The van der Waals surface area contributed by atoms with Crippen LogP contribution < -0.4 is 0 Å². The van der Waals surface area contributed by atoms with Gasteiger partial charge in [0.25, 0.3) is 0 Å². The molecule has 0 radical (unpaired) electrons. The summed E-state index contributed by atoms with van der Waals surface area (Å²) in [5.74, 6) is -0.710. The maximum atomic E-state index is 13.2. The SMILES string of the molecule is COC(=O)/C=C(/C)c1ccc(C)c(F)c1. The van der Waals surface area contributed by atoms with E-state index in [0.29, 0.717) is 16.7 Å². The van der Waals surface area contributed by atoms with E-state index in [0.717, 1.165) is 0 Å². The van der Waals surface area contributed by atoms with Crippen molar-refractivity contribution in [2.24, 2.45) is 0 Å². The average molecular weight is 208 g/mol. The van der Waals surface area contributed by atoms with Crippen molar-refractivity contribution in [2.75, 3.05) is 7.11 Å². The second-order valence-corrected chi connectivity index (χ2v) is 3.31. The highest BCUT2D eigenvalue weighted by Crippen LogP contribution is 2.17. The van der Waals surface area contributed by atoms with Crippen molar-refractivity contribution in [3.63, 3.8) is 0 Å². The summed E-state index contributed by atoms with van der Waals surface area (Å²) in [4.78, 5) is 11.0. The molecule has 0 atom stereocenters. The van der Waals surface area contributed by atoms with E-state index in [2.05, 4.69) is 4.74 Å². The van der Waals surface area contributed by atoms with Gasteiger partial charge in [-0.3, -0.25) is 0 Å². The number of halogens is 1. The zero-order valence-electron chi connectivity index (χ0n) is 9.00. The third kappa shape index (κ3) is 2.91. The normalized spacial score (nSPS) is 11.3. The molecule has 0 fully saturated rings. The molecule has 0 aliphatic rings. The first-order chi connectivity index (χ1) is 7.04. The van der Waals surface area contributed by atoms with E-state index in [1.807, 2.05) is 0 Å². The largest absolute Gasteiger partial charge is 0.466 e. The number of benzene rings is 1. The van der Waals surface area contributed by atoms with Gasteiger partial charge in [-0.25, -0.2) is 9.18 Å². The van der Waals surface area contributed by atoms with Crippen molar-refractivity contribution >= 4 is 11.5 Å². The van der Waals surface area contributed by atoms with E-state index in [1.54, 1.807) is 26.0 Å². The number of hydrogen-bond acceptors (Lipinski definition) is 2. The third-order valence-electron chi connectivity index (χ3n) is 2.16. The van der Waals surface area contributed by atoms with Crippen LogP contribution in [0.2, 0.25) is 0 Å². The molecule has 15 heavy (non-hydrogen) atoms. The quantitative estimate of drug-likeness (QED) is 0.551. The Morgan fingerprint density at radius 3 is 2.67 bits per heavy atom. The molecular weight excluding hydrogens is 195 g/mol. The number of rotatable bonds is 2. The minimum Gasteiger partial charge on any atom is -0.466 e. The molecule has 1 rings (SSSR count). The molecule has 1 aromatic rings. The second kappa shape index (κ2) is 4.73. The summed E-state index contributed by atoms with van der Waals surface area (Å²) in [5, 5.41) is 0. The highest BCUT2D eigenvalue weighted by Gasteiger charge is 2.03. The first-order valence-corrected chi connectivity index (χ1v) is 4.57. The Hall–Kier alpha value is -1.64. The highest BCUT2D eigenvalue weighted by atomic mass is 19.1. The molecule has 0 saturated heterocycles. The number of methoxy groups -OCH3 is 1. The smallest absolute Gasteiger partial charge is 0.330 e. The number of carbonyl (C=O) groups is 1. The van der Waals surface area contributed by atoms with E-state index < -0.39 is 5.97 Å². The van der Waals surface area contributed by atoms with Gasteiger partial charge in [0.1, 0.15) is 5.82 Å². The maximum Gasteiger partial charge on any atom is 0.330 e. The predicted octanol–water partition coefficient (Wildman–Crippen LogP) is 2.71. The molecule has 0 aromatic heterocycles. The van der Waals surface area contributed by atoms with Crippen molar-refractivity contribution < 1.29 is 13.9 Å². The van der Waals surface area contributed by atoms with Crippen LogP contribution in [0.15, 0.2) is 24.3 Å². The number of ether oxygens (including phenoxy) is 1. The van der Waals surface area contributed by atoms with E-state index >= 15 is 0 Å². The zero-order chi connectivity index (χ0) is 11.4. The molecule has 3 heteroatoms. The number of esters is 1. The first-order valence-electron chi connectivity index (χ1n) is 4.57. The first kappa shape index (κ1) is 11.4. The van der Waals surface area contributed by atoms with Crippen LogP contribution in [0, 0.1) is 12.7 Å². The zero-order valence-corrected chi connectivity index (χ0v) is 9.00. The van der Waals surface area contributed by atoms with Gasteiger partial charge in [0.05, 0.1) is 7.11 Å². The van der Waals surface area contributed by atoms with Crippen LogP contribution in [0.25, 0.3) is 5.57 Å². The lowest BCUT2D eigenvalue weighted by Crippen LogP contribution is -1.96. The molecule has 0 N–H and O–H groups in total. The number of allylic oxidation sites excluding steroid dienone is 1. The van der Waals surface area contributed by atoms with Crippen molar-refractivity contribution in [2.45, 2.75) is 13.8 Å². The molecule has 0 heterocycles. The summed E-state index contributed by atoms with van der Waals surface area (Å²) in [5.41, 5.74) is 1.95. The molecule has 0 aliphatic carbocycles. The van der Waals surface area contributed by atoms with Crippen LogP contribution in [0.3, 0.4) is 0 Å². The van der Waals surface area contributed by atoms with Gasteiger partial charge in [-0.15, -0.1) is 0 Å². The van der Waals surface area contributed by atoms with Crippen molar-refractivity contribution in [3.8, 4) is 0 Å². The Balaban J connectivity index is 3.01. The highest BCUT2D eigenvalue weighted by molar-refractivity contribution is 5.90. The van der Waals surface area contributed by atoms with Crippen molar-refractivity contribution in [3.05, 3.63) is 41.2 Å². The minimum absolute atomic E-state index is 0.273. The fourth-order valence-electron chi connectivity index (χ4n) is 1.16. The van der Waals surface area contributed by atoms with Crippen molar-refractivity contribution in [1.82, 2.24) is 0 Å². The summed E-state index contributed by atoms with van der Waals surface area (Å²) in [6, 6.07) is 4.86. The lowest BCUT2D eigenvalue weighted by atomic mass is 10.1. The van der Waals surface area contributed by atoms with E-state index in [4.69, 9.17) is 0 Å². The Morgan fingerprint density at radius 2 is 2.13 bits per heavy atom. The number of aryl methyl sites for hydroxylation is 1. The van der Waals surface area contributed by atoms with Gasteiger partial charge in [0.2, 0.25) is 0 Å². The molecular formula is C12H13FO2. The molecule has 1 aromatic carbocycles. The summed E-state index contributed by atoms with van der Waals surface area (Å²) in [6.45, 7) is 3.43. The van der Waals surface area contributed by atoms with Gasteiger partial charge in [-0.2, -0.15) is 0 Å². The molecule has 0 amide bonds. The topological polar surface area (TPSA) is 26.3 Å². The predicted molar refractivity (Wildman–Crippen MR) is 56.8 cm³/mol. The number of hydrogen-bond donors (Lipinski definition) is 0. The monoisotopic (exact) mass is 208 g/mol. The van der Waals surface area contributed by atoms with Crippen LogP contribution >= 0.6 is 0 Å². The van der Waals surface area contributed by atoms with Crippen LogP contribution in [0.1, 0.15) is 18.1 Å². The molecule has 0 saturated carbocycles. The van der Waals surface area contributed by atoms with Gasteiger partial charge >= 0.3 is 5.97 Å². The van der Waals surface area contributed by atoms with Gasteiger partial charge in [0.15, 0.2) is 0 Å². The lowest BCUT2D eigenvalue weighted by Gasteiger charge is -2.03.